The van der Waals surface area contributed by atoms with E-state index >= 15 is 0 Å². The maximum atomic E-state index is 13.6. The minimum absolute atomic E-state index is 0.115. The smallest absolute Gasteiger partial charge is 0.165 e. The van der Waals surface area contributed by atoms with Gasteiger partial charge in [0.2, 0.25) is 0 Å². The molecule has 2 nitrogen and oxygen atoms in total. The van der Waals surface area contributed by atoms with Crippen molar-refractivity contribution in [1.29, 1.82) is 0 Å². The summed E-state index contributed by atoms with van der Waals surface area (Å²) in [6.07, 6.45) is 0. The first-order valence-corrected chi connectivity index (χ1v) is 6.30. The summed E-state index contributed by atoms with van der Waals surface area (Å²) < 4.78 is 18.5. The van der Waals surface area contributed by atoms with Crippen LogP contribution < -0.4 is 10.1 Å². The highest BCUT2D eigenvalue weighted by Crippen LogP contribution is 2.26. The van der Waals surface area contributed by atoms with Crippen molar-refractivity contribution in [3.8, 4) is 5.75 Å². The zero-order valence-electron chi connectivity index (χ0n) is 10.6. The minimum Gasteiger partial charge on any atom is -0.494 e. The Balaban J connectivity index is 2.80. The van der Waals surface area contributed by atoms with Crippen molar-refractivity contribution in [2.45, 2.75) is 19.3 Å². The van der Waals surface area contributed by atoms with Crippen LogP contribution in [0.3, 0.4) is 0 Å². The molecule has 0 fully saturated rings. The number of rotatable bonds is 6. The lowest BCUT2D eigenvalue weighted by molar-refractivity contribution is 0.384. The van der Waals surface area contributed by atoms with Gasteiger partial charge in [0.15, 0.2) is 11.6 Å². The van der Waals surface area contributed by atoms with Gasteiger partial charge in [0.05, 0.1) is 7.11 Å². The first-order valence-electron chi connectivity index (χ1n) is 5.67. The van der Waals surface area contributed by atoms with E-state index in [-0.39, 0.29) is 17.0 Å². The average molecular weight is 257 g/mol. The second-order valence-corrected chi connectivity index (χ2v) is 5.08. The largest absolute Gasteiger partial charge is 0.494 e. The molecule has 0 aliphatic rings. The highest BCUT2D eigenvalue weighted by molar-refractivity contribution is 7.80. The molecule has 0 spiro atoms. The molecule has 4 heteroatoms. The van der Waals surface area contributed by atoms with Crippen LogP contribution in [-0.2, 0) is 5.41 Å². The predicted molar refractivity (Wildman–Crippen MR) is 72.7 cm³/mol. The molecular weight excluding hydrogens is 237 g/mol. The molecule has 0 amide bonds. The van der Waals surface area contributed by atoms with Gasteiger partial charge in [-0.25, -0.2) is 4.39 Å². The van der Waals surface area contributed by atoms with Crippen LogP contribution in [0.1, 0.15) is 19.4 Å². The maximum Gasteiger partial charge on any atom is 0.165 e. The quantitative estimate of drug-likeness (QED) is 0.604. The topological polar surface area (TPSA) is 21.3 Å². The van der Waals surface area contributed by atoms with Gasteiger partial charge in [-0.15, -0.1) is 0 Å². The van der Waals surface area contributed by atoms with Crippen molar-refractivity contribution < 1.29 is 9.13 Å². The second-order valence-electron chi connectivity index (χ2n) is 4.63. The summed E-state index contributed by atoms with van der Waals surface area (Å²) in [5.41, 5.74) is 0.846. The van der Waals surface area contributed by atoms with Gasteiger partial charge < -0.3 is 10.1 Å². The molecule has 0 saturated carbocycles. The third kappa shape index (κ3) is 3.89. The van der Waals surface area contributed by atoms with Crippen LogP contribution in [0.25, 0.3) is 0 Å². The van der Waals surface area contributed by atoms with E-state index in [4.69, 9.17) is 4.74 Å². The molecule has 0 saturated heterocycles. The number of nitrogens with one attached hydrogen (secondary N) is 1. The lowest BCUT2D eigenvalue weighted by Gasteiger charge is -2.26. The van der Waals surface area contributed by atoms with Gasteiger partial charge in [0, 0.05) is 24.3 Å². The van der Waals surface area contributed by atoms with Crippen molar-refractivity contribution >= 4 is 12.6 Å². The summed E-state index contributed by atoms with van der Waals surface area (Å²) >= 11 is 4.14. The van der Waals surface area contributed by atoms with E-state index in [1.165, 1.54) is 7.11 Å². The van der Waals surface area contributed by atoms with Crippen LogP contribution in [0.4, 0.5) is 4.39 Å². The highest BCUT2D eigenvalue weighted by atomic mass is 32.1. The van der Waals surface area contributed by atoms with E-state index in [0.717, 1.165) is 24.4 Å². The molecule has 96 valence electrons. The van der Waals surface area contributed by atoms with Gasteiger partial charge in [-0.05, 0) is 17.7 Å². The fourth-order valence-electron chi connectivity index (χ4n) is 1.67. The van der Waals surface area contributed by atoms with E-state index in [1.54, 1.807) is 12.1 Å². The Hall–Kier alpha value is -0.740. The first kappa shape index (κ1) is 14.3. The minimum atomic E-state index is -0.313. The first-order chi connectivity index (χ1) is 8.01. The van der Waals surface area contributed by atoms with Crippen LogP contribution >= 0.6 is 12.6 Å². The van der Waals surface area contributed by atoms with E-state index in [2.05, 4.69) is 31.8 Å². The lowest BCUT2D eigenvalue weighted by Crippen LogP contribution is -2.34. The molecule has 0 aliphatic heterocycles. The Morgan fingerprint density at radius 1 is 1.41 bits per heavy atom. The van der Waals surface area contributed by atoms with Crippen LogP contribution in [0, 0.1) is 5.82 Å². The zero-order chi connectivity index (χ0) is 12.9. The number of thiol groups is 1. The number of benzene rings is 1. The predicted octanol–water partition coefficient (Wildman–Crippen LogP) is 2.63. The molecular formula is C13H20FNOS. The lowest BCUT2D eigenvalue weighted by atomic mass is 9.84. The number of halogens is 1. The number of methoxy groups -OCH3 is 1. The number of ether oxygens (including phenoxy) is 1. The fraction of sp³-hybridized carbons (Fsp3) is 0.538. The van der Waals surface area contributed by atoms with Crippen LogP contribution in [-0.4, -0.2) is 26.0 Å². The summed E-state index contributed by atoms with van der Waals surface area (Å²) in [6, 6.07) is 5.12. The van der Waals surface area contributed by atoms with Gasteiger partial charge in [0.25, 0.3) is 0 Å². The SMILES string of the molecule is COc1ccc(C(C)(C)CNCCS)cc1F. The molecule has 1 aromatic rings. The van der Waals surface area contributed by atoms with E-state index in [9.17, 15) is 4.39 Å². The van der Waals surface area contributed by atoms with Gasteiger partial charge >= 0.3 is 0 Å². The fourth-order valence-corrected chi connectivity index (χ4v) is 1.83. The molecule has 0 bridgehead atoms. The van der Waals surface area contributed by atoms with Gasteiger partial charge in [0.1, 0.15) is 0 Å². The van der Waals surface area contributed by atoms with Gasteiger partial charge in [-0.2, -0.15) is 12.6 Å². The maximum absolute atomic E-state index is 13.6. The van der Waals surface area contributed by atoms with Crippen molar-refractivity contribution in [2.24, 2.45) is 0 Å². The third-order valence-electron chi connectivity index (χ3n) is 2.79. The molecule has 1 N–H and O–H groups in total. The van der Waals surface area contributed by atoms with E-state index < -0.39 is 0 Å². The highest BCUT2D eigenvalue weighted by Gasteiger charge is 2.21. The summed E-state index contributed by atoms with van der Waals surface area (Å²) in [7, 11) is 1.47. The molecule has 1 aromatic carbocycles. The average Bonchev–Trinajstić information content (AvgIpc) is 2.29. The van der Waals surface area contributed by atoms with Crippen LogP contribution in [0.15, 0.2) is 18.2 Å². The van der Waals surface area contributed by atoms with Crippen molar-refractivity contribution in [3.05, 3.63) is 29.6 Å². The normalized spacial score (nSPS) is 11.6. The molecule has 0 heterocycles. The van der Waals surface area contributed by atoms with Crippen LogP contribution in [0.5, 0.6) is 5.75 Å². The monoisotopic (exact) mass is 257 g/mol. The second kappa shape index (κ2) is 6.26. The van der Waals surface area contributed by atoms with Gasteiger partial charge in [-0.1, -0.05) is 19.9 Å². The molecule has 0 aliphatic carbocycles. The third-order valence-corrected chi connectivity index (χ3v) is 3.01. The van der Waals surface area contributed by atoms with Crippen molar-refractivity contribution in [3.63, 3.8) is 0 Å². The Bertz CT molecular complexity index is 368. The Labute approximate surface area is 108 Å². The van der Waals surface area contributed by atoms with E-state index in [1.807, 2.05) is 6.07 Å². The molecule has 17 heavy (non-hydrogen) atoms. The molecule has 0 atom stereocenters. The summed E-state index contributed by atoms with van der Waals surface area (Å²) in [5.74, 6) is 0.771. The summed E-state index contributed by atoms with van der Waals surface area (Å²) in [5, 5.41) is 3.29. The Morgan fingerprint density at radius 3 is 2.65 bits per heavy atom. The van der Waals surface area contributed by atoms with Gasteiger partial charge in [-0.3, -0.25) is 0 Å². The number of hydrogen-bond acceptors (Lipinski definition) is 3. The van der Waals surface area contributed by atoms with E-state index in [0.29, 0.717) is 0 Å². The number of hydrogen-bond donors (Lipinski definition) is 2. The molecule has 0 aromatic heterocycles. The van der Waals surface area contributed by atoms with Crippen molar-refractivity contribution in [2.75, 3.05) is 26.0 Å². The standard InChI is InChI=1S/C13H20FNOS/c1-13(2,9-15-6-7-17)10-4-5-12(16-3)11(14)8-10/h4-5,8,15,17H,6-7,9H2,1-3H3. The summed E-state index contributed by atoms with van der Waals surface area (Å²) in [6.45, 7) is 5.81. The van der Waals surface area contributed by atoms with Crippen molar-refractivity contribution in [1.82, 2.24) is 5.32 Å². The Kier molecular flexibility index (Phi) is 5.28. The molecule has 0 unspecified atom stereocenters. The summed E-state index contributed by atoms with van der Waals surface area (Å²) in [4.78, 5) is 0. The zero-order valence-corrected chi connectivity index (χ0v) is 11.5. The van der Waals surface area contributed by atoms with Crippen LogP contribution in [0.2, 0.25) is 0 Å². The Morgan fingerprint density at radius 2 is 2.12 bits per heavy atom. The molecule has 1 rings (SSSR count). The molecule has 0 radical (unpaired) electrons.